The lowest BCUT2D eigenvalue weighted by atomic mass is 9.97. The number of hydrogen-bond acceptors (Lipinski definition) is 6. The molecule has 0 fully saturated rings. The molecule has 0 saturated heterocycles. The lowest BCUT2D eigenvalue weighted by molar-refractivity contribution is 0.0593. The van der Waals surface area contributed by atoms with Crippen LogP contribution in [0.15, 0.2) is 39.5 Å². The molecule has 0 bridgehead atoms. The molecule has 0 N–H and O–H groups in total. The van der Waals surface area contributed by atoms with Gasteiger partial charge in [0.05, 0.1) is 36.3 Å². The standard InChI is InChI=1S/C29H34ClNO6/c1-6-12-36-22-10-9-19(15-24(22)34-7-2)26-25-27(32)20-16-21(30)18(5)14-23(20)37-28(25)29(33)31(26)11-8-13-35-17(3)4/h9-10,14-17,26H,6-8,11-13H2,1-5H3. The number of nitrogens with zero attached hydrogens (tertiary/aromatic N) is 1. The van der Waals surface area contributed by atoms with Gasteiger partial charge in [0.2, 0.25) is 5.76 Å². The van der Waals surface area contributed by atoms with Crippen LogP contribution in [-0.4, -0.2) is 43.3 Å². The second kappa shape index (κ2) is 11.6. The minimum absolute atomic E-state index is 0.0678. The molecule has 2 aromatic carbocycles. The first-order chi connectivity index (χ1) is 17.8. The average molecular weight is 528 g/mol. The van der Waals surface area contributed by atoms with Gasteiger partial charge in [0.15, 0.2) is 16.9 Å². The molecule has 1 unspecified atom stereocenters. The van der Waals surface area contributed by atoms with Gasteiger partial charge >= 0.3 is 0 Å². The Labute approximate surface area is 222 Å². The Morgan fingerprint density at radius 3 is 2.54 bits per heavy atom. The Bertz CT molecular complexity index is 1350. The zero-order valence-corrected chi connectivity index (χ0v) is 22.8. The highest BCUT2D eigenvalue weighted by atomic mass is 35.5. The third-order valence-electron chi connectivity index (χ3n) is 6.29. The zero-order chi connectivity index (χ0) is 26.7. The van der Waals surface area contributed by atoms with Crippen LogP contribution in [0.5, 0.6) is 11.5 Å². The second-order valence-corrected chi connectivity index (χ2v) is 9.84. The Hall–Kier alpha value is -3.03. The Morgan fingerprint density at radius 2 is 1.84 bits per heavy atom. The summed E-state index contributed by atoms with van der Waals surface area (Å²) < 4.78 is 23.5. The van der Waals surface area contributed by atoms with E-state index in [0.717, 1.165) is 17.5 Å². The molecule has 2 heterocycles. The molecule has 0 spiro atoms. The van der Waals surface area contributed by atoms with Gasteiger partial charge in [-0.2, -0.15) is 0 Å². The van der Waals surface area contributed by atoms with E-state index in [0.29, 0.717) is 65.8 Å². The van der Waals surface area contributed by atoms with E-state index in [9.17, 15) is 9.59 Å². The molecule has 0 saturated carbocycles. The van der Waals surface area contributed by atoms with Crippen LogP contribution >= 0.6 is 11.6 Å². The van der Waals surface area contributed by atoms with Gasteiger partial charge in [0.1, 0.15) is 5.58 Å². The van der Waals surface area contributed by atoms with E-state index < -0.39 is 6.04 Å². The van der Waals surface area contributed by atoms with E-state index in [1.165, 1.54) is 0 Å². The molecule has 1 amide bonds. The lowest BCUT2D eigenvalue weighted by Gasteiger charge is -2.26. The summed E-state index contributed by atoms with van der Waals surface area (Å²) in [4.78, 5) is 29.1. The number of aryl methyl sites for hydroxylation is 1. The van der Waals surface area contributed by atoms with Gasteiger partial charge in [-0.25, -0.2) is 0 Å². The van der Waals surface area contributed by atoms with Crippen molar-refractivity contribution < 1.29 is 23.4 Å². The summed E-state index contributed by atoms with van der Waals surface area (Å²) in [5.74, 6) is 0.946. The molecule has 198 valence electrons. The van der Waals surface area contributed by atoms with Crippen LogP contribution in [0, 0.1) is 6.92 Å². The third kappa shape index (κ3) is 5.48. The molecule has 37 heavy (non-hydrogen) atoms. The van der Waals surface area contributed by atoms with Gasteiger partial charge in [-0.15, -0.1) is 0 Å². The summed E-state index contributed by atoms with van der Waals surface area (Å²) in [5, 5.41) is 0.824. The summed E-state index contributed by atoms with van der Waals surface area (Å²) in [6, 6.07) is 8.25. The van der Waals surface area contributed by atoms with Crippen LogP contribution in [0.25, 0.3) is 11.0 Å². The molecule has 0 radical (unpaired) electrons. The Kier molecular flexibility index (Phi) is 8.45. The maximum atomic E-state index is 13.8. The monoisotopic (exact) mass is 527 g/mol. The van der Waals surface area contributed by atoms with Crippen molar-refractivity contribution in [3.05, 3.63) is 68.0 Å². The number of benzene rings is 2. The van der Waals surface area contributed by atoms with Gasteiger partial charge in [-0.05, 0) is 75.9 Å². The van der Waals surface area contributed by atoms with Crippen molar-refractivity contribution in [2.75, 3.05) is 26.4 Å². The van der Waals surface area contributed by atoms with Gasteiger partial charge < -0.3 is 23.5 Å². The molecule has 0 aliphatic carbocycles. The van der Waals surface area contributed by atoms with Crippen LogP contribution in [-0.2, 0) is 4.74 Å². The predicted molar refractivity (Wildman–Crippen MR) is 144 cm³/mol. The molecule has 4 rings (SSSR count). The number of rotatable bonds is 11. The van der Waals surface area contributed by atoms with Crippen molar-refractivity contribution in [1.82, 2.24) is 4.90 Å². The van der Waals surface area contributed by atoms with Crippen molar-refractivity contribution in [3.63, 3.8) is 0 Å². The topological polar surface area (TPSA) is 78.2 Å². The highest BCUT2D eigenvalue weighted by Gasteiger charge is 2.42. The van der Waals surface area contributed by atoms with Gasteiger partial charge in [-0.3, -0.25) is 9.59 Å². The maximum absolute atomic E-state index is 13.8. The second-order valence-electron chi connectivity index (χ2n) is 9.43. The highest BCUT2D eigenvalue weighted by molar-refractivity contribution is 6.32. The van der Waals surface area contributed by atoms with E-state index in [4.69, 9.17) is 30.2 Å². The number of fused-ring (bicyclic) bond motifs is 2. The van der Waals surface area contributed by atoms with Crippen LogP contribution in [0.4, 0.5) is 0 Å². The third-order valence-corrected chi connectivity index (χ3v) is 6.69. The molecule has 1 atom stereocenters. The van der Waals surface area contributed by atoms with E-state index in [1.54, 1.807) is 17.0 Å². The van der Waals surface area contributed by atoms with E-state index in [-0.39, 0.29) is 23.2 Å². The van der Waals surface area contributed by atoms with Crippen LogP contribution in [0.3, 0.4) is 0 Å². The Balaban J connectivity index is 1.84. The fourth-order valence-corrected chi connectivity index (χ4v) is 4.73. The fourth-order valence-electron chi connectivity index (χ4n) is 4.57. The first-order valence-corrected chi connectivity index (χ1v) is 13.2. The van der Waals surface area contributed by atoms with Crippen LogP contribution < -0.4 is 14.9 Å². The van der Waals surface area contributed by atoms with Crippen molar-refractivity contribution in [3.8, 4) is 11.5 Å². The number of hydrogen-bond donors (Lipinski definition) is 0. The normalized spacial score (nSPS) is 15.1. The molecule has 1 aliphatic rings. The summed E-state index contributed by atoms with van der Waals surface area (Å²) in [6.45, 7) is 11.6. The molecular weight excluding hydrogens is 494 g/mol. The molecule has 7 nitrogen and oxygen atoms in total. The summed E-state index contributed by atoms with van der Waals surface area (Å²) >= 11 is 6.34. The van der Waals surface area contributed by atoms with Gasteiger partial charge in [-0.1, -0.05) is 24.6 Å². The van der Waals surface area contributed by atoms with Crippen molar-refractivity contribution in [2.45, 2.75) is 59.6 Å². The van der Waals surface area contributed by atoms with Crippen molar-refractivity contribution in [2.24, 2.45) is 0 Å². The molecule has 1 aromatic heterocycles. The van der Waals surface area contributed by atoms with Gasteiger partial charge in [0.25, 0.3) is 5.91 Å². The van der Waals surface area contributed by atoms with Crippen LogP contribution in [0.1, 0.15) is 73.8 Å². The van der Waals surface area contributed by atoms with Crippen LogP contribution in [0.2, 0.25) is 5.02 Å². The number of carbonyl (C=O) groups excluding carboxylic acids is 1. The maximum Gasteiger partial charge on any atom is 0.290 e. The number of carbonyl (C=O) groups is 1. The fraction of sp³-hybridized carbons (Fsp3) is 0.448. The molecule has 3 aromatic rings. The number of halogens is 1. The minimum Gasteiger partial charge on any atom is -0.490 e. The molecule has 8 heteroatoms. The summed E-state index contributed by atoms with van der Waals surface area (Å²) in [5.41, 5.74) is 1.91. The smallest absolute Gasteiger partial charge is 0.290 e. The largest absolute Gasteiger partial charge is 0.490 e. The van der Waals surface area contributed by atoms with Crippen molar-refractivity contribution in [1.29, 1.82) is 0 Å². The first-order valence-electron chi connectivity index (χ1n) is 12.9. The lowest BCUT2D eigenvalue weighted by Crippen LogP contribution is -2.31. The van der Waals surface area contributed by atoms with E-state index in [2.05, 4.69) is 0 Å². The first kappa shape index (κ1) is 27.0. The minimum atomic E-state index is -0.637. The average Bonchev–Trinajstić information content (AvgIpc) is 3.14. The number of amides is 1. The molecule has 1 aliphatic heterocycles. The SMILES string of the molecule is CCCOc1ccc(C2c3c(oc4cc(C)c(Cl)cc4c3=O)C(=O)N2CCCOC(C)C)cc1OCC. The van der Waals surface area contributed by atoms with E-state index >= 15 is 0 Å². The van der Waals surface area contributed by atoms with E-state index in [1.807, 2.05) is 52.8 Å². The van der Waals surface area contributed by atoms with Gasteiger partial charge in [0, 0.05) is 18.2 Å². The molecular formula is C29H34ClNO6. The highest BCUT2D eigenvalue weighted by Crippen LogP contribution is 2.41. The van der Waals surface area contributed by atoms with Crippen molar-refractivity contribution >= 4 is 28.5 Å². The summed E-state index contributed by atoms with van der Waals surface area (Å²) in [6.07, 6.45) is 1.57. The summed E-state index contributed by atoms with van der Waals surface area (Å²) in [7, 11) is 0. The Morgan fingerprint density at radius 1 is 1.05 bits per heavy atom. The zero-order valence-electron chi connectivity index (χ0n) is 22.1. The number of ether oxygens (including phenoxy) is 3. The quantitative estimate of drug-likeness (QED) is 0.272. The predicted octanol–water partition coefficient (Wildman–Crippen LogP) is 6.30.